The van der Waals surface area contributed by atoms with Gasteiger partial charge in [-0.05, 0) is 18.6 Å². The normalized spacial score (nSPS) is 9.95. The van der Waals surface area contributed by atoms with Crippen LogP contribution < -0.4 is 5.32 Å². The zero-order chi connectivity index (χ0) is 13.0. The van der Waals surface area contributed by atoms with Gasteiger partial charge in [0.2, 0.25) is 0 Å². The SMILES string of the molecule is Cl.O=[N+]([O-])c1cccc2nccc(NCCCO)c12. The maximum Gasteiger partial charge on any atom is 0.280 e. The van der Waals surface area contributed by atoms with Crippen LogP contribution in [0, 0.1) is 10.1 Å². The first kappa shape index (κ1) is 15.1. The molecule has 0 fully saturated rings. The Morgan fingerprint density at radius 2 is 2.16 bits per heavy atom. The van der Waals surface area contributed by atoms with Gasteiger partial charge in [0.05, 0.1) is 16.1 Å². The van der Waals surface area contributed by atoms with Gasteiger partial charge in [-0.1, -0.05) is 6.07 Å². The Kier molecular flexibility index (Phi) is 5.47. The quantitative estimate of drug-likeness (QED) is 0.499. The Hall–Kier alpha value is -1.92. The minimum atomic E-state index is -0.415. The van der Waals surface area contributed by atoms with Crippen LogP contribution in [0.4, 0.5) is 11.4 Å². The lowest BCUT2D eigenvalue weighted by Gasteiger charge is -2.08. The molecule has 0 amide bonds. The van der Waals surface area contributed by atoms with Crippen molar-refractivity contribution in [1.29, 1.82) is 0 Å². The third kappa shape index (κ3) is 3.30. The first-order valence-electron chi connectivity index (χ1n) is 5.61. The molecule has 0 saturated heterocycles. The Labute approximate surface area is 116 Å². The molecule has 0 bridgehead atoms. The molecule has 0 atom stereocenters. The summed E-state index contributed by atoms with van der Waals surface area (Å²) in [6, 6.07) is 6.51. The van der Waals surface area contributed by atoms with Gasteiger partial charge in [0.25, 0.3) is 5.69 Å². The number of nitrogens with zero attached hydrogens (tertiary/aromatic N) is 2. The van der Waals surface area contributed by atoms with Gasteiger partial charge in [-0.15, -0.1) is 12.4 Å². The van der Waals surface area contributed by atoms with Crippen molar-refractivity contribution in [3.05, 3.63) is 40.6 Å². The van der Waals surface area contributed by atoms with Crippen LogP contribution in [0.3, 0.4) is 0 Å². The molecule has 19 heavy (non-hydrogen) atoms. The number of hydrogen-bond acceptors (Lipinski definition) is 5. The molecule has 2 N–H and O–H groups in total. The van der Waals surface area contributed by atoms with Crippen molar-refractivity contribution in [2.75, 3.05) is 18.5 Å². The molecule has 2 aromatic rings. The van der Waals surface area contributed by atoms with E-state index in [0.29, 0.717) is 29.6 Å². The standard InChI is InChI=1S/C12H13N3O3.ClH/c16-8-2-6-13-10-5-7-14-9-3-1-4-11(12(9)10)15(17)18;/h1,3-5,7,16H,2,6,8H2,(H,13,14);1H. The van der Waals surface area contributed by atoms with Gasteiger partial charge in [-0.25, -0.2) is 0 Å². The number of pyridine rings is 1. The molecule has 0 aliphatic carbocycles. The van der Waals surface area contributed by atoms with Crippen molar-refractivity contribution in [2.45, 2.75) is 6.42 Å². The summed E-state index contributed by atoms with van der Waals surface area (Å²) in [7, 11) is 0. The fraction of sp³-hybridized carbons (Fsp3) is 0.250. The lowest BCUT2D eigenvalue weighted by atomic mass is 10.1. The highest BCUT2D eigenvalue weighted by Crippen LogP contribution is 2.30. The maximum absolute atomic E-state index is 11.0. The number of nitro groups is 1. The van der Waals surface area contributed by atoms with E-state index in [1.54, 1.807) is 24.4 Å². The van der Waals surface area contributed by atoms with E-state index < -0.39 is 4.92 Å². The number of nitrogens with one attached hydrogen (secondary N) is 1. The molecule has 0 spiro atoms. The minimum absolute atomic E-state index is 0. The number of benzene rings is 1. The lowest BCUT2D eigenvalue weighted by Crippen LogP contribution is -2.05. The van der Waals surface area contributed by atoms with Gasteiger partial charge in [0, 0.05) is 25.4 Å². The van der Waals surface area contributed by atoms with Gasteiger partial charge in [0.15, 0.2) is 0 Å². The molecule has 0 unspecified atom stereocenters. The van der Waals surface area contributed by atoms with E-state index >= 15 is 0 Å². The van der Waals surface area contributed by atoms with Crippen LogP contribution in [0.15, 0.2) is 30.5 Å². The fourth-order valence-electron chi connectivity index (χ4n) is 1.79. The van der Waals surface area contributed by atoms with E-state index in [1.807, 2.05) is 0 Å². The molecule has 0 aliphatic rings. The second-order valence-electron chi connectivity index (χ2n) is 3.79. The fourth-order valence-corrected chi connectivity index (χ4v) is 1.79. The average molecular weight is 284 g/mol. The van der Waals surface area contributed by atoms with Crippen LogP contribution in [0.2, 0.25) is 0 Å². The summed E-state index contributed by atoms with van der Waals surface area (Å²) < 4.78 is 0. The smallest absolute Gasteiger partial charge is 0.280 e. The highest BCUT2D eigenvalue weighted by molar-refractivity contribution is 5.98. The van der Waals surface area contributed by atoms with E-state index in [2.05, 4.69) is 10.3 Å². The number of non-ortho nitro benzene ring substituents is 1. The molecular formula is C12H14ClN3O3. The van der Waals surface area contributed by atoms with Crippen LogP contribution in [0.25, 0.3) is 10.9 Å². The molecule has 102 valence electrons. The molecule has 6 nitrogen and oxygen atoms in total. The summed E-state index contributed by atoms with van der Waals surface area (Å²) in [6.45, 7) is 0.639. The van der Waals surface area contributed by atoms with Crippen LogP contribution in [0.5, 0.6) is 0 Å². The Morgan fingerprint density at radius 1 is 1.37 bits per heavy atom. The molecule has 0 saturated carbocycles. The van der Waals surface area contributed by atoms with E-state index in [1.165, 1.54) is 6.07 Å². The number of nitro benzene ring substituents is 1. The van der Waals surface area contributed by atoms with Crippen molar-refractivity contribution < 1.29 is 10.0 Å². The Morgan fingerprint density at radius 3 is 2.84 bits per heavy atom. The third-order valence-electron chi connectivity index (χ3n) is 2.59. The topological polar surface area (TPSA) is 88.3 Å². The predicted octanol–water partition coefficient (Wildman–Crippen LogP) is 2.36. The summed E-state index contributed by atoms with van der Waals surface area (Å²) in [4.78, 5) is 14.7. The lowest BCUT2D eigenvalue weighted by molar-refractivity contribution is -0.383. The van der Waals surface area contributed by atoms with Gasteiger partial charge in [-0.2, -0.15) is 0 Å². The number of aliphatic hydroxyl groups excluding tert-OH is 1. The summed E-state index contributed by atoms with van der Waals surface area (Å²) in [5.41, 5.74) is 1.28. The predicted molar refractivity (Wildman–Crippen MR) is 75.8 cm³/mol. The summed E-state index contributed by atoms with van der Waals surface area (Å²) in [5.74, 6) is 0. The van der Waals surface area contributed by atoms with Crippen molar-refractivity contribution in [2.24, 2.45) is 0 Å². The third-order valence-corrected chi connectivity index (χ3v) is 2.59. The minimum Gasteiger partial charge on any atom is -0.396 e. The number of hydrogen-bond donors (Lipinski definition) is 2. The largest absolute Gasteiger partial charge is 0.396 e. The number of aromatic nitrogens is 1. The molecule has 7 heteroatoms. The summed E-state index contributed by atoms with van der Waals surface area (Å²) >= 11 is 0. The Balaban J connectivity index is 0.00000180. The summed E-state index contributed by atoms with van der Waals surface area (Å²) in [6.07, 6.45) is 2.19. The highest BCUT2D eigenvalue weighted by atomic mass is 35.5. The van der Waals surface area contributed by atoms with Gasteiger partial charge >= 0.3 is 0 Å². The highest BCUT2D eigenvalue weighted by Gasteiger charge is 2.15. The van der Waals surface area contributed by atoms with E-state index in [4.69, 9.17) is 5.11 Å². The van der Waals surface area contributed by atoms with Gasteiger partial charge in [0.1, 0.15) is 5.39 Å². The number of rotatable bonds is 5. The molecule has 1 heterocycles. The van der Waals surface area contributed by atoms with E-state index in [0.717, 1.165) is 0 Å². The monoisotopic (exact) mass is 283 g/mol. The van der Waals surface area contributed by atoms with Gasteiger partial charge < -0.3 is 10.4 Å². The Bertz CT molecular complexity index is 572. The van der Waals surface area contributed by atoms with E-state index in [-0.39, 0.29) is 24.7 Å². The van der Waals surface area contributed by atoms with E-state index in [9.17, 15) is 10.1 Å². The molecule has 0 radical (unpaired) electrons. The zero-order valence-corrected chi connectivity index (χ0v) is 10.9. The first-order valence-corrected chi connectivity index (χ1v) is 5.61. The molecule has 1 aromatic carbocycles. The molecule has 1 aromatic heterocycles. The maximum atomic E-state index is 11.0. The number of halogens is 1. The van der Waals surface area contributed by atoms with Crippen LogP contribution >= 0.6 is 12.4 Å². The molecular weight excluding hydrogens is 270 g/mol. The molecule has 2 rings (SSSR count). The van der Waals surface area contributed by atoms with Crippen molar-refractivity contribution in [3.8, 4) is 0 Å². The number of fused-ring (bicyclic) bond motifs is 1. The van der Waals surface area contributed by atoms with Crippen molar-refractivity contribution >= 4 is 34.7 Å². The average Bonchev–Trinajstić information content (AvgIpc) is 2.38. The number of aliphatic hydroxyl groups is 1. The summed E-state index contributed by atoms with van der Waals surface area (Å²) in [5, 5.41) is 23.3. The molecule has 0 aliphatic heterocycles. The number of anilines is 1. The van der Waals surface area contributed by atoms with Crippen LogP contribution in [0.1, 0.15) is 6.42 Å². The second kappa shape index (κ2) is 6.86. The second-order valence-corrected chi connectivity index (χ2v) is 3.79. The first-order chi connectivity index (χ1) is 8.74. The van der Waals surface area contributed by atoms with Gasteiger partial charge in [-0.3, -0.25) is 15.1 Å². The van der Waals surface area contributed by atoms with Crippen LogP contribution in [-0.4, -0.2) is 28.2 Å². The van der Waals surface area contributed by atoms with Crippen molar-refractivity contribution in [3.63, 3.8) is 0 Å². The zero-order valence-electron chi connectivity index (χ0n) is 10.1. The van der Waals surface area contributed by atoms with Crippen LogP contribution in [-0.2, 0) is 0 Å². The van der Waals surface area contributed by atoms with Crippen molar-refractivity contribution in [1.82, 2.24) is 4.98 Å².